The fourth-order valence-electron chi connectivity index (χ4n) is 1.47. The Morgan fingerprint density at radius 3 is 2.53 bits per heavy atom. The first-order chi connectivity index (χ1) is 8.22. The molecule has 0 radical (unpaired) electrons. The summed E-state index contributed by atoms with van der Waals surface area (Å²) < 4.78 is 1.70. The van der Waals surface area contributed by atoms with Crippen LogP contribution in [0.5, 0.6) is 0 Å². The Morgan fingerprint density at radius 2 is 1.94 bits per heavy atom. The SMILES string of the molecule is CCn1nc(C)c(N=Nc2ccccc2)c1Cl. The van der Waals surface area contributed by atoms with Crippen LogP contribution in [0, 0.1) is 6.92 Å². The van der Waals surface area contributed by atoms with Gasteiger partial charge in [0.15, 0.2) is 5.15 Å². The van der Waals surface area contributed by atoms with Gasteiger partial charge in [-0.3, -0.25) is 4.68 Å². The van der Waals surface area contributed by atoms with E-state index < -0.39 is 0 Å². The topological polar surface area (TPSA) is 42.5 Å². The molecule has 2 aromatic rings. The molecule has 1 heterocycles. The molecular formula is C12H13ClN4. The van der Waals surface area contributed by atoms with Crippen molar-refractivity contribution in [2.45, 2.75) is 20.4 Å². The van der Waals surface area contributed by atoms with Crippen LogP contribution in [-0.2, 0) is 6.54 Å². The van der Waals surface area contributed by atoms with Crippen molar-refractivity contribution in [3.05, 3.63) is 41.2 Å². The highest BCUT2D eigenvalue weighted by Gasteiger charge is 2.11. The predicted molar refractivity (Wildman–Crippen MR) is 68.3 cm³/mol. The Balaban J connectivity index is 2.30. The van der Waals surface area contributed by atoms with Crippen LogP contribution in [-0.4, -0.2) is 9.78 Å². The molecule has 0 aliphatic rings. The van der Waals surface area contributed by atoms with Gasteiger partial charge >= 0.3 is 0 Å². The average molecular weight is 249 g/mol. The Morgan fingerprint density at radius 1 is 1.24 bits per heavy atom. The number of rotatable bonds is 3. The highest BCUT2D eigenvalue weighted by molar-refractivity contribution is 6.32. The third-order valence-corrected chi connectivity index (χ3v) is 2.73. The Labute approximate surface area is 105 Å². The highest BCUT2D eigenvalue weighted by Crippen LogP contribution is 2.30. The van der Waals surface area contributed by atoms with Gasteiger partial charge in [-0.15, -0.1) is 5.11 Å². The molecule has 5 heteroatoms. The van der Waals surface area contributed by atoms with Crippen LogP contribution in [0.1, 0.15) is 12.6 Å². The first kappa shape index (κ1) is 11.8. The van der Waals surface area contributed by atoms with Crippen molar-refractivity contribution in [1.29, 1.82) is 0 Å². The van der Waals surface area contributed by atoms with Crippen molar-refractivity contribution in [2.24, 2.45) is 10.2 Å². The third-order valence-electron chi connectivity index (χ3n) is 2.36. The van der Waals surface area contributed by atoms with Crippen LogP contribution in [0.3, 0.4) is 0 Å². The van der Waals surface area contributed by atoms with E-state index in [1.165, 1.54) is 0 Å². The largest absolute Gasteiger partial charge is 0.252 e. The van der Waals surface area contributed by atoms with Crippen molar-refractivity contribution in [3.8, 4) is 0 Å². The fourth-order valence-corrected chi connectivity index (χ4v) is 1.80. The summed E-state index contributed by atoms with van der Waals surface area (Å²) in [4.78, 5) is 0. The molecule has 0 spiro atoms. The second-order valence-corrected chi connectivity index (χ2v) is 3.93. The minimum absolute atomic E-state index is 0.532. The second-order valence-electron chi connectivity index (χ2n) is 3.58. The molecule has 4 nitrogen and oxygen atoms in total. The zero-order chi connectivity index (χ0) is 12.3. The van der Waals surface area contributed by atoms with Gasteiger partial charge in [-0.1, -0.05) is 29.8 Å². The van der Waals surface area contributed by atoms with Crippen molar-refractivity contribution in [1.82, 2.24) is 9.78 Å². The molecule has 1 aromatic carbocycles. The van der Waals surface area contributed by atoms with Gasteiger partial charge in [-0.05, 0) is 26.0 Å². The maximum atomic E-state index is 6.14. The van der Waals surface area contributed by atoms with Gasteiger partial charge in [0, 0.05) is 6.54 Å². The van der Waals surface area contributed by atoms with Crippen LogP contribution in [0.25, 0.3) is 0 Å². The van der Waals surface area contributed by atoms with Crippen LogP contribution in [0.4, 0.5) is 11.4 Å². The number of azo groups is 1. The molecule has 0 saturated carbocycles. The molecule has 0 aliphatic heterocycles. The lowest BCUT2D eigenvalue weighted by Crippen LogP contribution is -1.95. The summed E-state index contributed by atoms with van der Waals surface area (Å²) in [6.07, 6.45) is 0. The van der Waals surface area contributed by atoms with Gasteiger partial charge in [-0.25, -0.2) is 0 Å². The van der Waals surface area contributed by atoms with E-state index >= 15 is 0 Å². The van der Waals surface area contributed by atoms with Crippen molar-refractivity contribution < 1.29 is 0 Å². The van der Waals surface area contributed by atoms with E-state index in [0.29, 0.717) is 10.8 Å². The molecule has 0 atom stereocenters. The lowest BCUT2D eigenvalue weighted by Gasteiger charge is -1.95. The summed E-state index contributed by atoms with van der Waals surface area (Å²) in [5.74, 6) is 0. The summed E-state index contributed by atoms with van der Waals surface area (Å²) in [6.45, 7) is 4.58. The molecular weight excluding hydrogens is 236 g/mol. The molecule has 88 valence electrons. The van der Waals surface area contributed by atoms with Crippen molar-refractivity contribution in [3.63, 3.8) is 0 Å². The van der Waals surface area contributed by atoms with Crippen LogP contribution in [0.15, 0.2) is 40.6 Å². The maximum Gasteiger partial charge on any atom is 0.154 e. The summed E-state index contributed by atoms with van der Waals surface area (Å²) in [5.41, 5.74) is 2.22. The van der Waals surface area contributed by atoms with Crippen LogP contribution in [0.2, 0.25) is 5.15 Å². The van der Waals surface area contributed by atoms with Crippen molar-refractivity contribution >= 4 is 23.0 Å². The summed E-state index contributed by atoms with van der Waals surface area (Å²) in [7, 11) is 0. The zero-order valence-corrected chi connectivity index (χ0v) is 10.5. The number of nitrogens with zero attached hydrogens (tertiary/aromatic N) is 4. The smallest absolute Gasteiger partial charge is 0.154 e. The normalized spacial score (nSPS) is 11.2. The first-order valence-corrected chi connectivity index (χ1v) is 5.80. The lowest BCUT2D eigenvalue weighted by atomic mass is 10.3. The van der Waals surface area contributed by atoms with E-state index in [-0.39, 0.29) is 0 Å². The van der Waals surface area contributed by atoms with E-state index in [1.54, 1.807) is 4.68 Å². The maximum absolute atomic E-state index is 6.14. The highest BCUT2D eigenvalue weighted by atomic mass is 35.5. The van der Waals surface area contributed by atoms with E-state index in [9.17, 15) is 0 Å². The number of benzene rings is 1. The molecule has 2 rings (SSSR count). The van der Waals surface area contributed by atoms with E-state index in [4.69, 9.17) is 11.6 Å². The Kier molecular flexibility index (Phi) is 3.54. The molecule has 17 heavy (non-hydrogen) atoms. The van der Waals surface area contributed by atoms with Crippen LogP contribution >= 0.6 is 11.6 Å². The summed E-state index contributed by atoms with van der Waals surface area (Å²) >= 11 is 6.14. The van der Waals surface area contributed by atoms with Gasteiger partial charge < -0.3 is 0 Å². The number of hydrogen-bond donors (Lipinski definition) is 0. The number of aromatic nitrogens is 2. The zero-order valence-electron chi connectivity index (χ0n) is 9.76. The fraction of sp³-hybridized carbons (Fsp3) is 0.250. The standard InChI is InChI=1S/C12H13ClN4/c1-3-17-12(13)11(9(2)16-17)15-14-10-7-5-4-6-8-10/h4-8H,3H2,1-2H3. The third kappa shape index (κ3) is 2.53. The summed E-state index contributed by atoms with van der Waals surface area (Å²) in [6, 6.07) is 9.54. The number of aryl methyl sites for hydroxylation is 2. The quantitative estimate of drug-likeness (QED) is 0.748. The molecule has 0 unspecified atom stereocenters. The van der Waals surface area contributed by atoms with Crippen molar-refractivity contribution in [2.75, 3.05) is 0 Å². The van der Waals surface area contributed by atoms with Gasteiger partial charge in [0.05, 0.1) is 11.4 Å². The van der Waals surface area contributed by atoms with Gasteiger partial charge in [0.25, 0.3) is 0 Å². The molecule has 1 aromatic heterocycles. The molecule has 0 saturated heterocycles. The van der Waals surface area contributed by atoms with Gasteiger partial charge in [0.1, 0.15) is 5.69 Å². The minimum Gasteiger partial charge on any atom is -0.252 e. The Hall–Kier alpha value is -1.68. The van der Waals surface area contributed by atoms with Gasteiger partial charge in [-0.2, -0.15) is 10.2 Å². The molecule has 0 aliphatic carbocycles. The second kappa shape index (κ2) is 5.10. The van der Waals surface area contributed by atoms with Crippen LogP contribution < -0.4 is 0 Å². The van der Waals surface area contributed by atoms with E-state index in [0.717, 1.165) is 17.9 Å². The van der Waals surface area contributed by atoms with E-state index in [1.807, 2.05) is 44.2 Å². The first-order valence-electron chi connectivity index (χ1n) is 5.42. The van der Waals surface area contributed by atoms with Gasteiger partial charge in [0.2, 0.25) is 0 Å². The van der Waals surface area contributed by atoms with E-state index in [2.05, 4.69) is 15.3 Å². The molecule has 0 fully saturated rings. The number of hydrogen-bond acceptors (Lipinski definition) is 3. The predicted octanol–water partition coefficient (Wildman–Crippen LogP) is 4.28. The average Bonchev–Trinajstić information content (AvgIpc) is 2.63. The number of halogens is 1. The summed E-state index contributed by atoms with van der Waals surface area (Å²) in [5, 5.41) is 13.1. The molecule has 0 N–H and O–H groups in total. The Bertz CT molecular complexity index is 531. The molecule has 0 amide bonds. The lowest BCUT2D eigenvalue weighted by molar-refractivity contribution is 0.654. The minimum atomic E-state index is 0.532. The monoisotopic (exact) mass is 248 g/mol. The molecule has 0 bridgehead atoms.